The second-order valence-electron chi connectivity index (χ2n) is 6.13. The van der Waals surface area contributed by atoms with E-state index in [1.807, 2.05) is 12.1 Å². The van der Waals surface area contributed by atoms with Crippen LogP contribution in [0.2, 0.25) is 5.02 Å². The molecule has 0 saturated heterocycles. The van der Waals surface area contributed by atoms with Gasteiger partial charge in [-0.25, -0.2) is 0 Å². The molecule has 0 bridgehead atoms. The average molecular weight is 284 g/mol. The second kappa shape index (κ2) is 7.16. The molecule has 0 aliphatic rings. The van der Waals surface area contributed by atoms with Crippen molar-refractivity contribution in [2.45, 2.75) is 47.1 Å². The van der Waals surface area contributed by atoms with Crippen LogP contribution < -0.4 is 10.1 Å². The van der Waals surface area contributed by atoms with E-state index in [-0.39, 0.29) is 5.41 Å². The highest BCUT2D eigenvalue weighted by molar-refractivity contribution is 6.32. The molecule has 0 fully saturated rings. The van der Waals surface area contributed by atoms with Crippen molar-refractivity contribution in [1.29, 1.82) is 0 Å². The number of rotatable bonds is 6. The van der Waals surface area contributed by atoms with Crippen LogP contribution in [0.4, 0.5) is 0 Å². The highest BCUT2D eigenvalue weighted by Gasteiger charge is 2.12. The van der Waals surface area contributed by atoms with Gasteiger partial charge in [-0.15, -0.1) is 0 Å². The van der Waals surface area contributed by atoms with Crippen LogP contribution in [-0.2, 0) is 0 Å². The maximum absolute atomic E-state index is 6.27. The summed E-state index contributed by atoms with van der Waals surface area (Å²) in [4.78, 5) is 0. The Kier molecular flexibility index (Phi) is 6.15. The lowest BCUT2D eigenvalue weighted by molar-refractivity contribution is 0.243. The van der Waals surface area contributed by atoms with Crippen LogP contribution in [-0.4, -0.2) is 13.2 Å². The number of benzene rings is 1. The highest BCUT2D eigenvalue weighted by atomic mass is 35.5. The van der Waals surface area contributed by atoms with Gasteiger partial charge in [-0.3, -0.25) is 0 Å². The monoisotopic (exact) mass is 283 g/mol. The Labute approximate surface area is 122 Å². The molecular formula is C16H26ClNO. The molecule has 1 aromatic rings. The number of hydrogen-bond donors (Lipinski definition) is 1. The predicted octanol–water partition coefficient (Wildman–Crippen LogP) is 4.83. The van der Waals surface area contributed by atoms with Gasteiger partial charge in [-0.2, -0.15) is 0 Å². The van der Waals surface area contributed by atoms with Crippen molar-refractivity contribution >= 4 is 11.6 Å². The maximum Gasteiger partial charge on any atom is 0.137 e. The van der Waals surface area contributed by atoms with Crippen LogP contribution in [0.1, 0.15) is 52.6 Å². The summed E-state index contributed by atoms with van der Waals surface area (Å²) in [6.45, 7) is 12.5. The van der Waals surface area contributed by atoms with E-state index in [0.717, 1.165) is 18.7 Å². The fraction of sp³-hybridized carbons (Fsp3) is 0.625. The first-order valence-electron chi connectivity index (χ1n) is 6.99. The van der Waals surface area contributed by atoms with Crippen molar-refractivity contribution in [1.82, 2.24) is 5.32 Å². The molecule has 0 aliphatic carbocycles. The zero-order valence-electron chi connectivity index (χ0n) is 12.7. The molecule has 1 unspecified atom stereocenters. The number of ether oxygens (including phenoxy) is 1. The molecule has 1 rings (SSSR count). The summed E-state index contributed by atoms with van der Waals surface area (Å²) in [5, 5.41) is 4.06. The van der Waals surface area contributed by atoms with Crippen LogP contribution in [0.5, 0.6) is 5.75 Å². The Bertz CT molecular complexity index is 398. The lowest BCUT2D eigenvalue weighted by atomic mass is 9.93. The predicted molar refractivity (Wildman–Crippen MR) is 83.1 cm³/mol. The molecule has 1 atom stereocenters. The summed E-state index contributed by atoms with van der Waals surface area (Å²) in [7, 11) is 0. The standard InChI is InChI=1S/C16H26ClNO/c1-6-18-12(2)13-7-8-15(14(17)11-13)19-10-9-16(3,4)5/h7-8,11-12,18H,6,9-10H2,1-5H3. The Morgan fingerprint density at radius 3 is 2.53 bits per heavy atom. The summed E-state index contributed by atoms with van der Waals surface area (Å²) in [6.07, 6.45) is 1.01. The van der Waals surface area contributed by atoms with Crippen LogP contribution in [0.15, 0.2) is 18.2 Å². The van der Waals surface area contributed by atoms with Crippen molar-refractivity contribution in [3.05, 3.63) is 28.8 Å². The molecule has 108 valence electrons. The third kappa shape index (κ3) is 5.84. The van der Waals surface area contributed by atoms with Crippen molar-refractivity contribution in [3.63, 3.8) is 0 Å². The Morgan fingerprint density at radius 2 is 2.00 bits per heavy atom. The second-order valence-corrected chi connectivity index (χ2v) is 6.54. The number of halogens is 1. The van der Waals surface area contributed by atoms with E-state index in [0.29, 0.717) is 17.7 Å². The van der Waals surface area contributed by atoms with Gasteiger partial charge in [0.25, 0.3) is 0 Å². The Balaban J connectivity index is 2.62. The van der Waals surface area contributed by atoms with Crippen molar-refractivity contribution in [2.24, 2.45) is 5.41 Å². The van der Waals surface area contributed by atoms with Crippen molar-refractivity contribution in [3.8, 4) is 5.75 Å². The van der Waals surface area contributed by atoms with Gasteiger partial charge in [-0.1, -0.05) is 45.4 Å². The van der Waals surface area contributed by atoms with E-state index in [2.05, 4.69) is 46.0 Å². The molecular weight excluding hydrogens is 258 g/mol. The minimum atomic E-state index is 0.284. The zero-order valence-corrected chi connectivity index (χ0v) is 13.5. The van der Waals surface area contributed by atoms with Gasteiger partial charge in [0, 0.05) is 6.04 Å². The largest absolute Gasteiger partial charge is 0.492 e. The summed E-state index contributed by atoms with van der Waals surface area (Å²) in [5.74, 6) is 0.776. The topological polar surface area (TPSA) is 21.3 Å². The summed E-state index contributed by atoms with van der Waals surface area (Å²) in [5.41, 5.74) is 1.47. The van der Waals surface area contributed by atoms with E-state index in [4.69, 9.17) is 16.3 Å². The quantitative estimate of drug-likeness (QED) is 0.808. The molecule has 0 radical (unpaired) electrons. The summed E-state index contributed by atoms with van der Waals surface area (Å²) >= 11 is 6.27. The Morgan fingerprint density at radius 1 is 1.32 bits per heavy atom. The van der Waals surface area contributed by atoms with Crippen LogP contribution >= 0.6 is 11.6 Å². The first-order chi connectivity index (χ1) is 8.83. The number of hydrogen-bond acceptors (Lipinski definition) is 2. The van der Waals surface area contributed by atoms with Crippen LogP contribution in [0.3, 0.4) is 0 Å². The lowest BCUT2D eigenvalue weighted by Gasteiger charge is -2.19. The van der Waals surface area contributed by atoms with E-state index in [1.54, 1.807) is 0 Å². The van der Waals surface area contributed by atoms with E-state index >= 15 is 0 Å². The first-order valence-corrected chi connectivity index (χ1v) is 7.37. The fourth-order valence-corrected chi connectivity index (χ4v) is 2.04. The molecule has 19 heavy (non-hydrogen) atoms. The van der Waals surface area contributed by atoms with Crippen molar-refractivity contribution in [2.75, 3.05) is 13.2 Å². The lowest BCUT2D eigenvalue weighted by Crippen LogP contribution is -2.17. The normalized spacial score (nSPS) is 13.4. The minimum absolute atomic E-state index is 0.284. The van der Waals surface area contributed by atoms with Gasteiger partial charge < -0.3 is 10.1 Å². The highest BCUT2D eigenvalue weighted by Crippen LogP contribution is 2.29. The summed E-state index contributed by atoms with van der Waals surface area (Å²) in [6, 6.07) is 6.34. The van der Waals surface area contributed by atoms with Crippen molar-refractivity contribution < 1.29 is 4.74 Å². The van der Waals surface area contributed by atoms with Gasteiger partial charge in [0.15, 0.2) is 0 Å². The fourth-order valence-electron chi connectivity index (χ4n) is 1.79. The third-order valence-corrected chi connectivity index (χ3v) is 3.37. The van der Waals surface area contributed by atoms with Gasteiger partial charge >= 0.3 is 0 Å². The van der Waals surface area contributed by atoms with Gasteiger partial charge in [-0.05, 0) is 43.0 Å². The average Bonchev–Trinajstić information content (AvgIpc) is 2.30. The minimum Gasteiger partial charge on any atom is -0.492 e. The molecule has 1 aromatic carbocycles. The molecule has 0 saturated carbocycles. The molecule has 0 aromatic heterocycles. The zero-order chi connectivity index (χ0) is 14.5. The molecule has 0 spiro atoms. The van der Waals surface area contributed by atoms with E-state index in [1.165, 1.54) is 5.56 Å². The van der Waals surface area contributed by atoms with Gasteiger partial charge in [0.2, 0.25) is 0 Å². The Hall–Kier alpha value is -0.730. The van der Waals surface area contributed by atoms with Gasteiger partial charge in [0.05, 0.1) is 11.6 Å². The smallest absolute Gasteiger partial charge is 0.137 e. The molecule has 0 amide bonds. The SMILES string of the molecule is CCNC(C)c1ccc(OCCC(C)(C)C)c(Cl)c1. The third-order valence-electron chi connectivity index (χ3n) is 3.08. The maximum atomic E-state index is 6.27. The molecule has 3 heteroatoms. The van der Waals surface area contributed by atoms with E-state index < -0.39 is 0 Å². The van der Waals surface area contributed by atoms with Crippen LogP contribution in [0.25, 0.3) is 0 Å². The van der Waals surface area contributed by atoms with Gasteiger partial charge in [0.1, 0.15) is 5.75 Å². The molecule has 2 nitrogen and oxygen atoms in total. The molecule has 1 N–H and O–H groups in total. The molecule has 0 aliphatic heterocycles. The van der Waals surface area contributed by atoms with E-state index in [9.17, 15) is 0 Å². The number of nitrogens with one attached hydrogen (secondary N) is 1. The first kappa shape index (κ1) is 16.3. The molecule has 0 heterocycles. The van der Waals surface area contributed by atoms with Crippen LogP contribution in [0, 0.1) is 5.41 Å². The summed E-state index contributed by atoms with van der Waals surface area (Å²) < 4.78 is 5.76.